The molecule has 1 unspecified atom stereocenters. The molecule has 3 aromatic rings. The van der Waals surface area contributed by atoms with Gasteiger partial charge in [0.15, 0.2) is 11.0 Å². The van der Waals surface area contributed by atoms with Gasteiger partial charge in [0.1, 0.15) is 5.75 Å². The summed E-state index contributed by atoms with van der Waals surface area (Å²) in [5, 5.41) is 9.17. The molecule has 2 aromatic carbocycles. The SMILES string of the molecule is COc1ccccc1-c1nnc(SC(C)C(=O)N2CCN(Cc3ccccc3)CC2)n1C. The molecule has 0 bridgehead atoms. The van der Waals surface area contributed by atoms with Crippen LogP contribution in [0.15, 0.2) is 59.8 Å². The van der Waals surface area contributed by atoms with Gasteiger partial charge in [0, 0.05) is 39.8 Å². The molecule has 1 amide bonds. The van der Waals surface area contributed by atoms with Crippen molar-refractivity contribution in [3.63, 3.8) is 0 Å². The fourth-order valence-corrected chi connectivity index (χ4v) is 4.81. The molecule has 1 aromatic heterocycles. The second-order valence-electron chi connectivity index (χ2n) is 7.91. The second kappa shape index (κ2) is 10.2. The van der Waals surface area contributed by atoms with Gasteiger partial charge < -0.3 is 14.2 Å². The van der Waals surface area contributed by atoms with Crippen LogP contribution in [0.3, 0.4) is 0 Å². The minimum atomic E-state index is -0.232. The molecule has 32 heavy (non-hydrogen) atoms. The van der Waals surface area contributed by atoms with Crippen molar-refractivity contribution in [3.05, 3.63) is 60.2 Å². The number of hydrogen-bond donors (Lipinski definition) is 0. The summed E-state index contributed by atoms with van der Waals surface area (Å²) in [6, 6.07) is 18.2. The van der Waals surface area contributed by atoms with Crippen molar-refractivity contribution in [2.45, 2.75) is 23.9 Å². The van der Waals surface area contributed by atoms with E-state index in [4.69, 9.17) is 4.74 Å². The number of thioether (sulfide) groups is 1. The highest BCUT2D eigenvalue weighted by Gasteiger charge is 2.27. The first-order chi connectivity index (χ1) is 15.6. The molecule has 4 rings (SSSR count). The highest BCUT2D eigenvalue weighted by Crippen LogP contribution is 2.31. The molecular formula is C24H29N5O2S. The Labute approximate surface area is 193 Å². The molecule has 0 spiro atoms. The van der Waals surface area contributed by atoms with E-state index in [1.54, 1.807) is 7.11 Å². The lowest BCUT2D eigenvalue weighted by molar-refractivity contribution is -0.132. The average molecular weight is 452 g/mol. The van der Waals surface area contributed by atoms with E-state index in [9.17, 15) is 4.79 Å². The Morgan fingerprint density at radius 1 is 1.03 bits per heavy atom. The lowest BCUT2D eigenvalue weighted by Gasteiger charge is -2.35. The molecule has 2 heterocycles. The summed E-state index contributed by atoms with van der Waals surface area (Å²) < 4.78 is 7.38. The lowest BCUT2D eigenvalue weighted by atomic mass is 10.2. The van der Waals surface area contributed by atoms with E-state index in [1.807, 2.05) is 53.8 Å². The number of amides is 1. The van der Waals surface area contributed by atoms with Crippen LogP contribution in [-0.2, 0) is 18.4 Å². The zero-order valence-electron chi connectivity index (χ0n) is 18.8. The second-order valence-corrected chi connectivity index (χ2v) is 9.22. The zero-order chi connectivity index (χ0) is 22.5. The smallest absolute Gasteiger partial charge is 0.235 e. The lowest BCUT2D eigenvalue weighted by Crippen LogP contribution is -2.50. The molecule has 1 saturated heterocycles. The molecule has 1 aliphatic heterocycles. The number of methoxy groups -OCH3 is 1. The average Bonchev–Trinajstić information content (AvgIpc) is 3.19. The number of para-hydroxylation sites is 1. The van der Waals surface area contributed by atoms with Gasteiger partial charge in [-0.1, -0.05) is 54.2 Å². The number of hydrogen-bond acceptors (Lipinski definition) is 6. The summed E-state index contributed by atoms with van der Waals surface area (Å²) in [5.74, 6) is 1.62. The molecule has 0 N–H and O–H groups in total. The van der Waals surface area contributed by atoms with Crippen LogP contribution in [0.5, 0.6) is 5.75 Å². The van der Waals surface area contributed by atoms with Crippen molar-refractivity contribution in [3.8, 4) is 17.1 Å². The van der Waals surface area contributed by atoms with Gasteiger partial charge in [0.2, 0.25) is 5.91 Å². The standard InChI is InChI=1S/C24H29N5O2S/c1-18(23(30)29-15-13-28(14-16-29)17-19-9-5-4-6-10-19)32-24-26-25-22(27(24)2)20-11-7-8-12-21(20)31-3/h4-12,18H,13-17H2,1-3H3. The number of aromatic nitrogens is 3. The first kappa shape index (κ1) is 22.4. The molecule has 1 aliphatic rings. The van der Waals surface area contributed by atoms with E-state index in [1.165, 1.54) is 17.3 Å². The highest BCUT2D eigenvalue weighted by molar-refractivity contribution is 8.00. The fraction of sp³-hybridized carbons (Fsp3) is 0.375. The van der Waals surface area contributed by atoms with Crippen LogP contribution in [0.1, 0.15) is 12.5 Å². The Bertz CT molecular complexity index is 1050. The number of carbonyl (C=O) groups excluding carboxylic acids is 1. The Balaban J connectivity index is 1.35. The molecule has 168 valence electrons. The first-order valence-electron chi connectivity index (χ1n) is 10.8. The minimum absolute atomic E-state index is 0.149. The van der Waals surface area contributed by atoms with Gasteiger partial charge >= 0.3 is 0 Å². The van der Waals surface area contributed by atoms with Gasteiger partial charge in [-0.2, -0.15) is 0 Å². The third kappa shape index (κ3) is 4.97. The summed E-state index contributed by atoms with van der Waals surface area (Å²) in [6.07, 6.45) is 0. The van der Waals surface area contributed by atoms with Gasteiger partial charge in [0.05, 0.1) is 17.9 Å². The van der Waals surface area contributed by atoms with E-state index in [-0.39, 0.29) is 11.2 Å². The zero-order valence-corrected chi connectivity index (χ0v) is 19.6. The van der Waals surface area contributed by atoms with Crippen molar-refractivity contribution >= 4 is 17.7 Å². The molecule has 8 heteroatoms. The van der Waals surface area contributed by atoms with Crippen LogP contribution in [0, 0.1) is 0 Å². The maximum Gasteiger partial charge on any atom is 0.235 e. The third-order valence-electron chi connectivity index (χ3n) is 5.75. The minimum Gasteiger partial charge on any atom is -0.496 e. The Hall–Kier alpha value is -2.84. The number of ether oxygens (including phenoxy) is 1. The molecule has 1 fully saturated rings. The van der Waals surface area contributed by atoms with Crippen LogP contribution in [0.4, 0.5) is 0 Å². The van der Waals surface area contributed by atoms with Crippen molar-refractivity contribution in [2.24, 2.45) is 7.05 Å². The van der Waals surface area contributed by atoms with E-state index < -0.39 is 0 Å². The number of benzene rings is 2. The van der Waals surface area contributed by atoms with Crippen molar-refractivity contribution < 1.29 is 9.53 Å². The number of carbonyl (C=O) groups is 1. The summed E-state index contributed by atoms with van der Waals surface area (Å²) >= 11 is 1.45. The van der Waals surface area contributed by atoms with E-state index >= 15 is 0 Å². The quantitative estimate of drug-likeness (QED) is 0.514. The Morgan fingerprint density at radius 3 is 2.44 bits per heavy atom. The molecule has 0 radical (unpaired) electrons. The van der Waals surface area contributed by atoms with Gasteiger partial charge in [-0.15, -0.1) is 10.2 Å². The van der Waals surface area contributed by atoms with Crippen LogP contribution in [-0.4, -0.2) is 69.0 Å². The normalized spacial score (nSPS) is 15.5. The van der Waals surface area contributed by atoms with Crippen LogP contribution >= 0.6 is 11.8 Å². The molecule has 7 nitrogen and oxygen atoms in total. The van der Waals surface area contributed by atoms with Crippen LogP contribution in [0.25, 0.3) is 11.4 Å². The van der Waals surface area contributed by atoms with Crippen molar-refractivity contribution in [1.29, 1.82) is 0 Å². The van der Waals surface area contributed by atoms with Crippen LogP contribution < -0.4 is 4.74 Å². The predicted molar refractivity (Wildman–Crippen MR) is 127 cm³/mol. The largest absolute Gasteiger partial charge is 0.496 e. The number of rotatable bonds is 7. The molecule has 1 atom stereocenters. The number of piperazine rings is 1. The third-order valence-corrected chi connectivity index (χ3v) is 6.87. The molecular weight excluding hydrogens is 422 g/mol. The van der Waals surface area contributed by atoms with E-state index in [2.05, 4.69) is 39.4 Å². The first-order valence-corrected chi connectivity index (χ1v) is 11.7. The summed E-state index contributed by atoms with van der Waals surface area (Å²) in [5.41, 5.74) is 2.19. The van der Waals surface area contributed by atoms with Gasteiger partial charge in [0.25, 0.3) is 0 Å². The molecule has 0 saturated carbocycles. The summed E-state index contributed by atoms with van der Waals surface area (Å²) in [6.45, 7) is 6.15. The predicted octanol–water partition coefficient (Wildman–Crippen LogP) is 3.32. The topological polar surface area (TPSA) is 63.5 Å². The Kier molecular flexibility index (Phi) is 7.12. The summed E-state index contributed by atoms with van der Waals surface area (Å²) in [7, 11) is 3.56. The van der Waals surface area contributed by atoms with Crippen LogP contribution in [0.2, 0.25) is 0 Å². The van der Waals surface area contributed by atoms with E-state index in [0.717, 1.165) is 55.0 Å². The van der Waals surface area contributed by atoms with Gasteiger partial charge in [-0.3, -0.25) is 9.69 Å². The maximum absolute atomic E-state index is 13.1. The Morgan fingerprint density at radius 2 is 1.72 bits per heavy atom. The van der Waals surface area contributed by atoms with Crippen molar-refractivity contribution in [1.82, 2.24) is 24.6 Å². The number of nitrogens with zero attached hydrogens (tertiary/aromatic N) is 5. The maximum atomic E-state index is 13.1. The monoisotopic (exact) mass is 451 g/mol. The fourth-order valence-electron chi connectivity index (χ4n) is 3.92. The highest BCUT2D eigenvalue weighted by atomic mass is 32.2. The summed E-state index contributed by atoms with van der Waals surface area (Å²) in [4.78, 5) is 17.4. The van der Waals surface area contributed by atoms with Crippen molar-refractivity contribution in [2.75, 3.05) is 33.3 Å². The van der Waals surface area contributed by atoms with Gasteiger partial charge in [-0.25, -0.2) is 0 Å². The van der Waals surface area contributed by atoms with E-state index in [0.29, 0.717) is 0 Å². The van der Waals surface area contributed by atoms with Gasteiger partial charge in [-0.05, 0) is 24.6 Å². The molecule has 0 aliphatic carbocycles.